The first-order valence-corrected chi connectivity index (χ1v) is 9.52. The van der Waals surface area contributed by atoms with Gasteiger partial charge in [-0.05, 0) is 6.42 Å². The second kappa shape index (κ2) is 9.57. The first-order chi connectivity index (χ1) is 13.1. The molecule has 0 spiro atoms. The third kappa shape index (κ3) is 4.83. The molecule has 0 saturated carbocycles. The molecule has 27 heavy (non-hydrogen) atoms. The Labute approximate surface area is 158 Å². The summed E-state index contributed by atoms with van der Waals surface area (Å²) in [6.07, 6.45) is -0.633. The molecule has 150 valence electrons. The maximum atomic E-state index is 11.5. The van der Waals surface area contributed by atoms with E-state index in [4.69, 9.17) is 18.9 Å². The van der Waals surface area contributed by atoms with E-state index in [1.165, 1.54) is 0 Å². The standard InChI is InChI=1S/C19H27NO7/c1-2-3-4-8-11-24-19-15(20(22)23)16(21)17-14(26-19)12-25-18(27-17)13-9-6-5-7-10-13/h5-7,9-10,14-19,21H,2-4,8,11-12H2,1H3/t14-,15-,16-,17-,18-,19-/m1/s1. The highest BCUT2D eigenvalue weighted by atomic mass is 16.8. The van der Waals surface area contributed by atoms with Crippen molar-refractivity contribution in [1.82, 2.24) is 0 Å². The summed E-state index contributed by atoms with van der Waals surface area (Å²) in [6.45, 7) is 2.63. The van der Waals surface area contributed by atoms with E-state index in [2.05, 4.69) is 6.92 Å². The summed E-state index contributed by atoms with van der Waals surface area (Å²) in [5, 5.41) is 22.2. The molecule has 0 radical (unpaired) electrons. The Morgan fingerprint density at radius 2 is 2.00 bits per heavy atom. The Morgan fingerprint density at radius 1 is 1.22 bits per heavy atom. The molecule has 2 fully saturated rings. The van der Waals surface area contributed by atoms with Crippen LogP contribution in [0.5, 0.6) is 0 Å². The number of aliphatic hydroxyl groups excluding tert-OH is 1. The van der Waals surface area contributed by atoms with Gasteiger partial charge in [0.15, 0.2) is 12.4 Å². The van der Waals surface area contributed by atoms with Gasteiger partial charge in [0.05, 0.1) is 13.2 Å². The summed E-state index contributed by atoms with van der Waals surface area (Å²) >= 11 is 0. The molecule has 8 nitrogen and oxygen atoms in total. The molecule has 0 amide bonds. The Kier molecular flexibility index (Phi) is 7.14. The summed E-state index contributed by atoms with van der Waals surface area (Å²) in [5.74, 6) is 0. The Hall–Kier alpha value is -1.58. The van der Waals surface area contributed by atoms with Gasteiger partial charge in [0.25, 0.3) is 6.04 Å². The molecule has 1 aromatic rings. The van der Waals surface area contributed by atoms with Crippen LogP contribution in [0, 0.1) is 10.1 Å². The van der Waals surface area contributed by atoms with E-state index in [1.807, 2.05) is 30.3 Å². The second-order valence-electron chi connectivity index (χ2n) is 6.92. The molecule has 2 saturated heterocycles. The fourth-order valence-corrected chi connectivity index (χ4v) is 3.45. The van der Waals surface area contributed by atoms with Crippen molar-refractivity contribution in [3.05, 3.63) is 46.0 Å². The predicted molar refractivity (Wildman–Crippen MR) is 95.6 cm³/mol. The fraction of sp³-hybridized carbons (Fsp3) is 0.684. The SMILES string of the molecule is CCCCCCO[C@@H]1O[C@@H]2CO[C@@H](c3ccccc3)O[C@H]2[C@H](O)[C@H]1[N+](=O)[O-]. The van der Waals surface area contributed by atoms with Crippen LogP contribution in [0.4, 0.5) is 0 Å². The normalized spacial score (nSPS) is 33.4. The molecule has 0 bridgehead atoms. The summed E-state index contributed by atoms with van der Waals surface area (Å²) in [5.41, 5.74) is 0.787. The molecule has 3 rings (SSSR count). The van der Waals surface area contributed by atoms with Crippen molar-refractivity contribution < 1.29 is 29.0 Å². The number of ether oxygens (including phenoxy) is 4. The van der Waals surface area contributed by atoms with Crippen molar-refractivity contribution in [1.29, 1.82) is 0 Å². The van der Waals surface area contributed by atoms with Gasteiger partial charge in [-0.25, -0.2) is 0 Å². The summed E-state index contributed by atoms with van der Waals surface area (Å²) in [7, 11) is 0. The van der Waals surface area contributed by atoms with E-state index in [0.29, 0.717) is 6.61 Å². The highest BCUT2D eigenvalue weighted by Crippen LogP contribution is 2.35. The van der Waals surface area contributed by atoms with Gasteiger partial charge in [-0.3, -0.25) is 10.1 Å². The van der Waals surface area contributed by atoms with E-state index >= 15 is 0 Å². The van der Waals surface area contributed by atoms with Crippen molar-refractivity contribution >= 4 is 0 Å². The topological polar surface area (TPSA) is 100 Å². The van der Waals surface area contributed by atoms with Gasteiger partial charge in [-0.15, -0.1) is 0 Å². The summed E-state index contributed by atoms with van der Waals surface area (Å²) < 4.78 is 22.9. The lowest BCUT2D eigenvalue weighted by Crippen LogP contribution is -2.64. The minimum atomic E-state index is -1.40. The van der Waals surface area contributed by atoms with Crippen LogP contribution in [0.25, 0.3) is 0 Å². The fourth-order valence-electron chi connectivity index (χ4n) is 3.45. The van der Waals surface area contributed by atoms with Crippen LogP contribution < -0.4 is 0 Å². The van der Waals surface area contributed by atoms with Crippen LogP contribution in [0.15, 0.2) is 30.3 Å². The number of hydrogen-bond donors (Lipinski definition) is 1. The van der Waals surface area contributed by atoms with Gasteiger partial charge in [0.1, 0.15) is 12.2 Å². The smallest absolute Gasteiger partial charge is 0.291 e. The number of rotatable bonds is 8. The molecule has 0 aromatic heterocycles. The number of aliphatic hydroxyl groups is 1. The van der Waals surface area contributed by atoms with E-state index in [1.54, 1.807) is 0 Å². The Morgan fingerprint density at radius 3 is 2.70 bits per heavy atom. The van der Waals surface area contributed by atoms with Gasteiger partial charge < -0.3 is 24.1 Å². The van der Waals surface area contributed by atoms with Gasteiger partial charge in [0, 0.05) is 10.5 Å². The van der Waals surface area contributed by atoms with Gasteiger partial charge in [-0.1, -0.05) is 56.5 Å². The average Bonchev–Trinajstić information content (AvgIpc) is 2.68. The van der Waals surface area contributed by atoms with Crippen molar-refractivity contribution in [2.75, 3.05) is 13.2 Å². The summed E-state index contributed by atoms with van der Waals surface area (Å²) in [6, 6.07) is 7.86. The molecule has 2 heterocycles. The van der Waals surface area contributed by atoms with Crippen LogP contribution in [0.1, 0.15) is 44.5 Å². The van der Waals surface area contributed by atoms with Crippen LogP contribution in [0.2, 0.25) is 0 Å². The lowest BCUT2D eigenvalue weighted by Gasteiger charge is -2.44. The number of unbranched alkanes of at least 4 members (excludes halogenated alkanes) is 3. The molecule has 0 aliphatic carbocycles. The van der Waals surface area contributed by atoms with E-state index in [0.717, 1.165) is 31.2 Å². The molecule has 8 heteroatoms. The zero-order chi connectivity index (χ0) is 19.2. The van der Waals surface area contributed by atoms with Crippen LogP contribution in [0.3, 0.4) is 0 Å². The van der Waals surface area contributed by atoms with E-state index < -0.39 is 41.9 Å². The number of hydrogen-bond acceptors (Lipinski definition) is 7. The number of benzene rings is 1. The lowest BCUT2D eigenvalue weighted by molar-refractivity contribution is -0.578. The lowest BCUT2D eigenvalue weighted by atomic mass is 9.96. The van der Waals surface area contributed by atoms with E-state index in [-0.39, 0.29) is 6.61 Å². The van der Waals surface area contributed by atoms with Crippen LogP contribution in [-0.2, 0) is 18.9 Å². The Bertz CT molecular complexity index is 599. The zero-order valence-electron chi connectivity index (χ0n) is 15.4. The monoisotopic (exact) mass is 381 g/mol. The molecular weight excluding hydrogens is 354 g/mol. The quantitative estimate of drug-likeness (QED) is 0.419. The van der Waals surface area contributed by atoms with Gasteiger partial charge >= 0.3 is 0 Å². The van der Waals surface area contributed by atoms with Crippen molar-refractivity contribution in [2.24, 2.45) is 0 Å². The van der Waals surface area contributed by atoms with Crippen molar-refractivity contribution in [3.8, 4) is 0 Å². The molecule has 0 unspecified atom stereocenters. The average molecular weight is 381 g/mol. The Balaban J connectivity index is 1.64. The molecule has 6 atom stereocenters. The largest absolute Gasteiger partial charge is 0.383 e. The van der Waals surface area contributed by atoms with Crippen molar-refractivity contribution in [2.45, 2.75) is 69.5 Å². The number of nitrogens with zero attached hydrogens (tertiary/aromatic N) is 1. The number of fused-ring (bicyclic) bond motifs is 1. The van der Waals surface area contributed by atoms with Crippen LogP contribution in [-0.4, -0.2) is 53.9 Å². The van der Waals surface area contributed by atoms with Crippen LogP contribution >= 0.6 is 0 Å². The third-order valence-electron chi connectivity index (χ3n) is 4.93. The maximum Gasteiger partial charge on any atom is 0.291 e. The van der Waals surface area contributed by atoms with E-state index in [9.17, 15) is 15.2 Å². The second-order valence-corrected chi connectivity index (χ2v) is 6.92. The highest BCUT2D eigenvalue weighted by Gasteiger charge is 2.55. The minimum Gasteiger partial charge on any atom is -0.383 e. The minimum absolute atomic E-state index is 0.168. The van der Waals surface area contributed by atoms with Gasteiger partial charge in [-0.2, -0.15) is 0 Å². The molecule has 2 aliphatic heterocycles. The van der Waals surface area contributed by atoms with Crippen molar-refractivity contribution in [3.63, 3.8) is 0 Å². The maximum absolute atomic E-state index is 11.5. The molecule has 2 aliphatic rings. The molecule has 1 aromatic carbocycles. The molecular formula is C19H27NO7. The number of nitro groups is 1. The predicted octanol–water partition coefficient (Wildman–Crippen LogP) is 2.43. The first-order valence-electron chi connectivity index (χ1n) is 9.52. The first kappa shape index (κ1) is 20.2. The molecule has 1 N–H and O–H groups in total. The summed E-state index contributed by atoms with van der Waals surface area (Å²) in [4.78, 5) is 11.0. The van der Waals surface area contributed by atoms with Gasteiger partial charge in [0.2, 0.25) is 6.29 Å². The highest BCUT2D eigenvalue weighted by molar-refractivity contribution is 5.16. The zero-order valence-corrected chi connectivity index (χ0v) is 15.4. The third-order valence-corrected chi connectivity index (χ3v) is 4.93.